The van der Waals surface area contributed by atoms with E-state index in [1.54, 1.807) is 0 Å². The van der Waals surface area contributed by atoms with E-state index in [2.05, 4.69) is 36.1 Å². The van der Waals surface area contributed by atoms with Crippen molar-refractivity contribution in [2.24, 2.45) is 0 Å². The van der Waals surface area contributed by atoms with Crippen molar-refractivity contribution >= 4 is 11.6 Å². The molecule has 1 aromatic carbocycles. The summed E-state index contributed by atoms with van der Waals surface area (Å²) in [6.45, 7) is 2.12. The normalized spacial score (nSPS) is 15.5. The van der Waals surface area contributed by atoms with Crippen LogP contribution in [0.15, 0.2) is 30.3 Å². The molecular weight excluding hydrogens is 194 g/mol. The minimum atomic E-state index is -0.249. The summed E-state index contributed by atoms with van der Waals surface area (Å²) >= 11 is 6.52. The first-order valence-corrected chi connectivity index (χ1v) is 5.36. The van der Waals surface area contributed by atoms with Gasteiger partial charge in [-0.1, -0.05) is 37.3 Å². The lowest BCUT2D eigenvalue weighted by Crippen LogP contribution is -2.40. The Kier molecular flexibility index (Phi) is 3.97. The molecule has 1 aromatic rings. The van der Waals surface area contributed by atoms with Gasteiger partial charge in [-0.3, -0.25) is 4.90 Å². The summed E-state index contributed by atoms with van der Waals surface area (Å²) in [6.07, 6.45) is 1.83. The molecule has 1 atom stereocenters. The Balaban J connectivity index is 2.76. The number of nitrogens with zero attached hydrogens (tertiary/aromatic N) is 1. The third-order valence-electron chi connectivity index (χ3n) is 2.66. The molecule has 0 heterocycles. The third-order valence-corrected chi connectivity index (χ3v) is 3.40. The molecule has 0 radical (unpaired) electrons. The molecule has 0 saturated heterocycles. The SMILES string of the molecule is CCC(Cl)(Cc1ccccc1)N(C)C. The summed E-state index contributed by atoms with van der Waals surface area (Å²) in [5.74, 6) is 0. The average Bonchev–Trinajstić information content (AvgIpc) is 2.19. The number of alkyl halides is 1. The number of halogens is 1. The van der Waals surface area contributed by atoms with E-state index in [0.29, 0.717) is 0 Å². The third kappa shape index (κ3) is 2.73. The largest absolute Gasteiger partial charge is 0.291 e. The molecule has 0 N–H and O–H groups in total. The lowest BCUT2D eigenvalue weighted by molar-refractivity contribution is 0.238. The Labute approximate surface area is 91.7 Å². The van der Waals surface area contributed by atoms with E-state index in [1.807, 2.05) is 20.2 Å². The Morgan fingerprint density at radius 2 is 1.79 bits per heavy atom. The summed E-state index contributed by atoms with van der Waals surface area (Å²) in [6, 6.07) is 10.4. The van der Waals surface area contributed by atoms with E-state index in [0.717, 1.165) is 12.8 Å². The fraction of sp³-hybridized carbons (Fsp3) is 0.500. The Morgan fingerprint density at radius 3 is 2.21 bits per heavy atom. The van der Waals surface area contributed by atoms with E-state index in [4.69, 9.17) is 11.6 Å². The van der Waals surface area contributed by atoms with E-state index in [-0.39, 0.29) is 5.00 Å². The number of likely N-dealkylation sites (N-methyl/N-ethyl adjacent to an activating group) is 1. The van der Waals surface area contributed by atoms with Crippen LogP contribution in [0.1, 0.15) is 18.9 Å². The first-order valence-electron chi connectivity index (χ1n) is 4.99. The molecule has 14 heavy (non-hydrogen) atoms. The molecule has 0 bridgehead atoms. The first kappa shape index (κ1) is 11.5. The molecule has 0 aliphatic heterocycles. The van der Waals surface area contributed by atoms with Crippen molar-refractivity contribution in [3.63, 3.8) is 0 Å². The van der Waals surface area contributed by atoms with Crippen molar-refractivity contribution in [1.82, 2.24) is 4.90 Å². The highest BCUT2D eigenvalue weighted by atomic mass is 35.5. The summed E-state index contributed by atoms with van der Waals surface area (Å²) in [5.41, 5.74) is 1.29. The highest BCUT2D eigenvalue weighted by Gasteiger charge is 2.27. The van der Waals surface area contributed by atoms with E-state index in [9.17, 15) is 0 Å². The molecule has 0 aliphatic carbocycles. The zero-order valence-corrected chi connectivity index (χ0v) is 9.88. The molecule has 1 unspecified atom stereocenters. The van der Waals surface area contributed by atoms with Crippen LogP contribution < -0.4 is 0 Å². The Morgan fingerprint density at radius 1 is 1.21 bits per heavy atom. The van der Waals surface area contributed by atoms with Crippen molar-refractivity contribution in [1.29, 1.82) is 0 Å². The van der Waals surface area contributed by atoms with Gasteiger partial charge in [0.2, 0.25) is 0 Å². The second-order valence-electron chi connectivity index (χ2n) is 3.83. The molecule has 0 amide bonds. The Bertz CT molecular complexity index is 271. The van der Waals surface area contributed by atoms with Crippen molar-refractivity contribution in [2.75, 3.05) is 14.1 Å². The second kappa shape index (κ2) is 4.81. The van der Waals surface area contributed by atoms with E-state index < -0.39 is 0 Å². The molecule has 1 rings (SSSR count). The van der Waals surface area contributed by atoms with Gasteiger partial charge >= 0.3 is 0 Å². The molecule has 2 heteroatoms. The molecule has 1 nitrogen and oxygen atoms in total. The van der Waals surface area contributed by atoms with Crippen LogP contribution in [0.2, 0.25) is 0 Å². The predicted octanol–water partition coefficient (Wildman–Crippen LogP) is 3.14. The van der Waals surface area contributed by atoms with Crippen LogP contribution >= 0.6 is 11.6 Å². The number of hydrogen-bond donors (Lipinski definition) is 0. The molecule has 0 aliphatic rings. The minimum absolute atomic E-state index is 0.249. The van der Waals surface area contributed by atoms with Gasteiger partial charge in [-0.15, -0.1) is 11.6 Å². The number of rotatable bonds is 4. The molecular formula is C12H18ClN. The topological polar surface area (TPSA) is 3.24 Å². The fourth-order valence-electron chi connectivity index (χ4n) is 1.51. The summed E-state index contributed by atoms with van der Waals surface area (Å²) < 4.78 is 0. The van der Waals surface area contributed by atoms with Gasteiger partial charge in [0.15, 0.2) is 0 Å². The maximum absolute atomic E-state index is 6.52. The highest BCUT2D eigenvalue weighted by Crippen LogP contribution is 2.26. The van der Waals surface area contributed by atoms with Crippen molar-refractivity contribution in [3.8, 4) is 0 Å². The van der Waals surface area contributed by atoms with Crippen LogP contribution in [0.5, 0.6) is 0 Å². The van der Waals surface area contributed by atoms with Crippen LogP contribution in [-0.4, -0.2) is 24.0 Å². The average molecular weight is 212 g/mol. The molecule has 0 saturated carbocycles. The Hall–Kier alpha value is -0.530. The zero-order valence-electron chi connectivity index (χ0n) is 9.13. The molecule has 0 aromatic heterocycles. The minimum Gasteiger partial charge on any atom is -0.291 e. The maximum Gasteiger partial charge on any atom is 0.0993 e. The maximum atomic E-state index is 6.52. The van der Waals surface area contributed by atoms with Gasteiger partial charge < -0.3 is 0 Å². The van der Waals surface area contributed by atoms with Gasteiger partial charge in [0.05, 0.1) is 5.00 Å². The summed E-state index contributed by atoms with van der Waals surface area (Å²) in [7, 11) is 4.05. The van der Waals surface area contributed by atoms with Gasteiger partial charge in [0.25, 0.3) is 0 Å². The monoisotopic (exact) mass is 211 g/mol. The van der Waals surface area contributed by atoms with Crippen LogP contribution in [0.3, 0.4) is 0 Å². The van der Waals surface area contributed by atoms with Gasteiger partial charge in [-0.2, -0.15) is 0 Å². The number of benzene rings is 1. The molecule has 0 spiro atoms. The lowest BCUT2D eigenvalue weighted by atomic mass is 10.0. The van der Waals surface area contributed by atoms with Crippen LogP contribution in [-0.2, 0) is 6.42 Å². The highest BCUT2D eigenvalue weighted by molar-refractivity contribution is 6.23. The van der Waals surface area contributed by atoms with Gasteiger partial charge in [0, 0.05) is 6.42 Å². The van der Waals surface area contributed by atoms with Crippen molar-refractivity contribution in [2.45, 2.75) is 24.8 Å². The summed E-state index contributed by atoms with van der Waals surface area (Å²) in [4.78, 5) is 1.84. The fourth-order valence-corrected chi connectivity index (χ4v) is 1.66. The lowest BCUT2D eigenvalue weighted by Gasteiger charge is -2.33. The molecule has 78 valence electrons. The quantitative estimate of drug-likeness (QED) is 0.547. The van der Waals surface area contributed by atoms with Gasteiger partial charge in [0.1, 0.15) is 0 Å². The summed E-state index contributed by atoms with van der Waals surface area (Å²) in [5, 5.41) is 0. The van der Waals surface area contributed by atoms with E-state index >= 15 is 0 Å². The van der Waals surface area contributed by atoms with Gasteiger partial charge in [-0.25, -0.2) is 0 Å². The molecule has 0 fully saturated rings. The standard InChI is InChI=1S/C12H18ClN/c1-4-12(13,14(2)3)10-11-8-6-5-7-9-11/h5-9H,4,10H2,1-3H3. The zero-order chi connectivity index (χ0) is 10.6. The number of hydrogen-bond acceptors (Lipinski definition) is 1. The van der Waals surface area contributed by atoms with Gasteiger partial charge in [-0.05, 0) is 26.1 Å². The first-order chi connectivity index (χ1) is 6.58. The van der Waals surface area contributed by atoms with Crippen LogP contribution in [0.25, 0.3) is 0 Å². The van der Waals surface area contributed by atoms with Crippen LogP contribution in [0, 0.1) is 0 Å². The van der Waals surface area contributed by atoms with Crippen LogP contribution in [0.4, 0.5) is 0 Å². The predicted molar refractivity (Wildman–Crippen MR) is 62.7 cm³/mol. The van der Waals surface area contributed by atoms with E-state index in [1.165, 1.54) is 5.56 Å². The van der Waals surface area contributed by atoms with Crippen molar-refractivity contribution < 1.29 is 0 Å². The van der Waals surface area contributed by atoms with Crippen molar-refractivity contribution in [3.05, 3.63) is 35.9 Å². The second-order valence-corrected chi connectivity index (χ2v) is 4.53. The smallest absolute Gasteiger partial charge is 0.0993 e.